The van der Waals surface area contributed by atoms with Crippen LogP contribution in [0.3, 0.4) is 0 Å². The Kier molecular flexibility index (Phi) is 4.81. The molecule has 1 aromatic rings. The van der Waals surface area contributed by atoms with E-state index >= 15 is 0 Å². The van der Waals surface area contributed by atoms with Crippen molar-refractivity contribution in [2.45, 2.75) is 49.3 Å². The molecule has 2 aliphatic heterocycles. The molecule has 4 aliphatic rings. The molecule has 9 heteroatoms. The van der Waals surface area contributed by atoms with Gasteiger partial charge in [0.15, 0.2) is 11.5 Å². The zero-order valence-electron chi connectivity index (χ0n) is 15.3. The second kappa shape index (κ2) is 6.87. The molecule has 0 aromatic heterocycles. The highest BCUT2D eigenvalue weighted by molar-refractivity contribution is 7.24. The lowest BCUT2D eigenvalue weighted by molar-refractivity contribution is -0.132. The van der Waals surface area contributed by atoms with E-state index in [0.717, 1.165) is 43.7 Å². The summed E-state index contributed by atoms with van der Waals surface area (Å²) >= 11 is 0. The van der Waals surface area contributed by atoms with Crippen LogP contribution in [-0.2, 0) is 25.6 Å². The second-order valence-electron chi connectivity index (χ2n) is 7.77. The third-order valence-corrected chi connectivity index (χ3v) is 6.97. The summed E-state index contributed by atoms with van der Waals surface area (Å²) in [7, 11) is 0.914. The first-order chi connectivity index (χ1) is 12.9. The molecule has 1 aromatic carbocycles. The van der Waals surface area contributed by atoms with Crippen molar-refractivity contribution >= 4 is 7.91 Å². The van der Waals surface area contributed by atoms with E-state index in [4.69, 9.17) is 23.9 Å². The highest BCUT2D eigenvalue weighted by atomic mass is 31.1. The number of hydrogen-bond donors (Lipinski definition) is 2. The molecule has 5 rings (SSSR count). The average Bonchev–Trinajstić information content (AvgIpc) is 3.02. The Bertz CT molecular complexity index is 811. The van der Waals surface area contributed by atoms with Gasteiger partial charge in [0.25, 0.3) is 0 Å². The predicted octanol–water partition coefficient (Wildman–Crippen LogP) is 2.54. The Labute approximate surface area is 159 Å². The number of aliphatic hydroxyl groups is 1. The van der Waals surface area contributed by atoms with Crippen LogP contribution >= 0.6 is 7.91 Å². The van der Waals surface area contributed by atoms with Gasteiger partial charge >= 0.3 is 7.91 Å². The summed E-state index contributed by atoms with van der Waals surface area (Å²) in [5.41, 5.74) is 2.77. The molecule has 2 fully saturated rings. The molecule has 2 N–H and O–H groups in total. The van der Waals surface area contributed by atoms with Crippen LogP contribution < -0.4 is 9.47 Å². The van der Waals surface area contributed by atoms with E-state index < -0.39 is 7.91 Å². The van der Waals surface area contributed by atoms with Crippen molar-refractivity contribution < 1.29 is 35.1 Å². The highest BCUT2D eigenvalue weighted by Crippen LogP contribution is 2.63. The number of rotatable bonds is 2. The largest absolute Gasteiger partial charge is 0.496 e. The fourth-order valence-corrected chi connectivity index (χ4v) is 5.86. The van der Waals surface area contributed by atoms with Crippen LogP contribution in [0.4, 0.5) is 0 Å². The van der Waals surface area contributed by atoms with Crippen molar-refractivity contribution in [2.75, 3.05) is 20.7 Å². The molecule has 1 spiro atoms. The third kappa shape index (κ3) is 2.66. The third-order valence-electron chi connectivity index (χ3n) is 6.83. The van der Waals surface area contributed by atoms with Gasteiger partial charge in [-0.2, -0.15) is 0 Å². The summed E-state index contributed by atoms with van der Waals surface area (Å²) < 4.78 is 32.5. The standard InChI is InChI=1S/C18H23NO3.HO4P.H2/c1-19-8-7-18-11-4-5-13(20)17(18)22-16-14(21-2)6-3-10(15(16)18)9-12(11)19;1-4-5(2)3;/h3,6,11-13,17,20H,4-5,7-9H2,1-2H3;1H;1H/t11-,12-,13-,17-,18-;;/m0../s1. The maximum absolute atomic E-state index is 10.6. The number of likely N-dealkylation sites (N-methyl/N-ethyl adjacent to an activating group) is 1. The summed E-state index contributed by atoms with van der Waals surface area (Å²) in [6, 6.07) is 4.83. The molecule has 2 bridgehead atoms. The first-order valence-electron chi connectivity index (χ1n) is 9.15. The maximum atomic E-state index is 10.6. The van der Waals surface area contributed by atoms with Crippen molar-refractivity contribution in [3.05, 3.63) is 23.3 Å². The normalized spacial score (nSPS) is 35.4. The van der Waals surface area contributed by atoms with Crippen LogP contribution in [0, 0.1) is 5.92 Å². The molecular weight excluding hydrogens is 373 g/mol. The average molecular weight is 399 g/mol. The number of aliphatic hydroxyl groups excluding tert-OH is 1. The van der Waals surface area contributed by atoms with Crippen molar-refractivity contribution in [1.82, 2.24) is 4.90 Å². The Balaban J connectivity index is 0.000000338. The summed E-state index contributed by atoms with van der Waals surface area (Å²) in [5.74, 6) is 2.34. The molecule has 150 valence electrons. The molecule has 1 saturated heterocycles. The van der Waals surface area contributed by atoms with E-state index in [1.54, 1.807) is 7.11 Å². The quantitative estimate of drug-likeness (QED) is 0.444. The lowest BCUT2D eigenvalue weighted by atomic mass is 9.51. The van der Waals surface area contributed by atoms with Crippen LogP contribution in [0.1, 0.15) is 31.8 Å². The molecule has 0 amide bonds. The molecule has 2 aliphatic carbocycles. The van der Waals surface area contributed by atoms with Gasteiger partial charge < -0.3 is 19.5 Å². The van der Waals surface area contributed by atoms with Gasteiger partial charge in [0.2, 0.25) is 0 Å². The Morgan fingerprint density at radius 1 is 1.37 bits per heavy atom. The molecule has 1 saturated carbocycles. The van der Waals surface area contributed by atoms with Crippen LogP contribution in [0.2, 0.25) is 0 Å². The van der Waals surface area contributed by atoms with Gasteiger partial charge in [0.1, 0.15) is 6.10 Å². The van der Waals surface area contributed by atoms with Crippen molar-refractivity contribution in [2.24, 2.45) is 5.92 Å². The number of methoxy groups -OCH3 is 1. The van der Waals surface area contributed by atoms with Crippen molar-refractivity contribution in [3.8, 4) is 11.5 Å². The fraction of sp³-hybridized carbons (Fsp3) is 0.667. The molecular formula is C18H26NO7P. The summed E-state index contributed by atoms with van der Waals surface area (Å²) in [6.07, 6.45) is 3.69. The molecule has 27 heavy (non-hydrogen) atoms. The van der Waals surface area contributed by atoms with Gasteiger partial charge in [-0.05, 0) is 56.8 Å². The first kappa shape index (κ1) is 18.9. The van der Waals surface area contributed by atoms with Crippen LogP contribution in [0.15, 0.2) is 12.1 Å². The maximum Gasteiger partial charge on any atom is 0.496 e. The van der Waals surface area contributed by atoms with Crippen LogP contribution in [0.25, 0.3) is 0 Å². The monoisotopic (exact) mass is 399 g/mol. The van der Waals surface area contributed by atoms with E-state index in [1.807, 2.05) is 6.07 Å². The fourth-order valence-electron chi connectivity index (χ4n) is 5.86. The lowest BCUT2D eigenvalue weighted by Crippen LogP contribution is -2.66. The van der Waals surface area contributed by atoms with Crippen molar-refractivity contribution in [1.29, 1.82) is 0 Å². The lowest BCUT2D eigenvalue weighted by Gasteiger charge is -2.58. The van der Waals surface area contributed by atoms with E-state index in [0.29, 0.717) is 12.0 Å². The summed E-state index contributed by atoms with van der Waals surface area (Å²) in [6.45, 7) is 1.09. The molecule has 0 unspecified atom stereocenters. The first-order valence-corrected chi connectivity index (χ1v) is 10.2. The summed E-state index contributed by atoms with van der Waals surface area (Å²) in [4.78, 5) is 2.52. The Morgan fingerprint density at radius 3 is 2.78 bits per heavy atom. The van der Waals surface area contributed by atoms with Crippen LogP contribution in [0.5, 0.6) is 11.5 Å². The number of likely N-dealkylation sites (tertiary alicyclic amines) is 1. The molecule has 0 radical (unpaired) electrons. The molecule has 5 atom stereocenters. The molecule has 8 nitrogen and oxygen atoms in total. The number of hydrogen-bond acceptors (Lipinski definition) is 8. The van der Waals surface area contributed by atoms with E-state index in [2.05, 4.69) is 22.7 Å². The topological polar surface area (TPSA) is 106 Å². The molecule has 2 heterocycles. The Morgan fingerprint density at radius 2 is 2.11 bits per heavy atom. The number of piperidine rings is 1. The van der Waals surface area contributed by atoms with Crippen LogP contribution in [-0.4, -0.2) is 54.2 Å². The SMILES string of the molecule is COc1ccc2c3c1O[C@H]1[C@@H](O)CC[C@H]4[C@H](C2)N(C)CC[C@@]341.O=P(=O)OO.[HH]. The van der Waals surface area contributed by atoms with E-state index in [1.165, 1.54) is 11.1 Å². The van der Waals surface area contributed by atoms with Gasteiger partial charge in [0.05, 0.1) is 13.2 Å². The van der Waals surface area contributed by atoms with Gasteiger partial charge in [-0.25, -0.2) is 14.4 Å². The number of ether oxygens (including phenoxy) is 2. The Hall–Kier alpha value is -1.44. The zero-order chi connectivity index (χ0) is 19.3. The number of benzene rings is 1. The smallest absolute Gasteiger partial charge is 0.493 e. The predicted molar refractivity (Wildman–Crippen MR) is 96.7 cm³/mol. The minimum Gasteiger partial charge on any atom is -0.493 e. The highest BCUT2D eigenvalue weighted by Gasteiger charge is 2.65. The zero-order valence-corrected chi connectivity index (χ0v) is 16.2. The minimum absolute atomic E-state index is 0. The van der Waals surface area contributed by atoms with E-state index in [9.17, 15) is 5.11 Å². The van der Waals surface area contributed by atoms with Gasteiger partial charge in [0, 0.05) is 18.4 Å². The van der Waals surface area contributed by atoms with Gasteiger partial charge in [-0.1, -0.05) is 6.07 Å². The van der Waals surface area contributed by atoms with E-state index in [-0.39, 0.29) is 19.0 Å². The van der Waals surface area contributed by atoms with Crippen molar-refractivity contribution in [3.63, 3.8) is 0 Å². The summed E-state index contributed by atoms with van der Waals surface area (Å²) in [5, 5.41) is 17.7. The second-order valence-corrected chi connectivity index (χ2v) is 8.38. The van der Waals surface area contributed by atoms with Gasteiger partial charge in [-0.3, -0.25) is 0 Å². The van der Waals surface area contributed by atoms with Gasteiger partial charge in [-0.15, -0.1) is 4.67 Å². The minimum atomic E-state index is -3.04. The number of nitrogens with zero attached hydrogens (tertiary/aromatic N) is 1.